The van der Waals surface area contributed by atoms with Crippen molar-refractivity contribution in [1.29, 1.82) is 0 Å². The van der Waals surface area contributed by atoms with Gasteiger partial charge in [0.2, 0.25) is 0 Å². The van der Waals surface area contributed by atoms with Crippen molar-refractivity contribution in [2.75, 3.05) is 11.9 Å². The SMILES string of the molecule is Cc1ccc(NC(=O)N[C@@H]2COc3ccccc3C2)cc1F. The molecule has 2 aromatic carbocycles. The Morgan fingerprint density at radius 1 is 1.27 bits per heavy atom. The zero-order valence-corrected chi connectivity index (χ0v) is 12.2. The first-order valence-electron chi connectivity index (χ1n) is 7.16. The van der Waals surface area contributed by atoms with Gasteiger partial charge < -0.3 is 15.4 Å². The molecule has 4 nitrogen and oxygen atoms in total. The lowest BCUT2D eigenvalue weighted by Gasteiger charge is -2.26. The number of nitrogens with one attached hydrogen (secondary N) is 2. The summed E-state index contributed by atoms with van der Waals surface area (Å²) in [7, 11) is 0. The molecule has 5 heteroatoms. The highest BCUT2D eigenvalue weighted by Crippen LogP contribution is 2.23. The summed E-state index contributed by atoms with van der Waals surface area (Å²) in [4.78, 5) is 12.0. The minimum Gasteiger partial charge on any atom is -0.491 e. The molecule has 0 saturated carbocycles. The highest BCUT2D eigenvalue weighted by molar-refractivity contribution is 5.89. The molecule has 1 aliphatic rings. The Labute approximate surface area is 128 Å². The van der Waals surface area contributed by atoms with Crippen LogP contribution in [0.5, 0.6) is 5.75 Å². The molecule has 1 atom stereocenters. The summed E-state index contributed by atoms with van der Waals surface area (Å²) in [5, 5.41) is 5.48. The number of para-hydroxylation sites is 1. The smallest absolute Gasteiger partial charge is 0.319 e. The summed E-state index contributed by atoms with van der Waals surface area (Å²) in [6, 6.07) is 11.9. The highest BCUT2D eigenvalue weighted by Gasteiger charge is 2.21. The molecule has 114 valence electrons. The van der Waals surface area contributed by atoms with Crippen molar-refractivity contribution in [2.45, 2.75) is 19.4 Å². The van der Waals surface area contributed by atoms with E-state index in [1.54, 1.807) is 19.1 Å². The number of benzene rings is 2. The maximum Gasteiger partial charge on any atom is 0.319 e. The summed E-state index contributed by atoms with van der Waals surface area (Å²) >= 11 is 0. The van der Waals surface area contributed by atoms with Crippen molar-refractivity contribution in [2.24, 2.45) is 0 Å². The van der Waals surface area contributed by atoms with E-state index in [0.29, 0.717) is 24.3 Å². The van der Waals surface area contributed by atoms with E-state index < -0.39 is 0 Å². The van der Waals surface area contributed by atoms with Crippen LogP contribution in [-0.2, 0) is 6.42 Å². The van der Waals surface area contributed by atoms with Crippen molar-refractivity contribution in [3.05, 3.63) is 59.4 Å². The summed E-state index contributed by atoms with van der Waals surface area (Å²) in [5.74, 6) is 0.522. The summed E-state index contributed by atoms with van der Waals surface area (Å²) in [6.07, 6.45) is 0.714. The zero-order chi connectivity index (χ0) is 15.5. The number of hydrogen-bond acceptors (Lipinski definition) is 2. The lowest BCUT2D eigenvalue weighted by molar-refractivity contribution is 0.222. The predicted octanol–water partition coefficient (Wildman–Crippen LogP) is 3.26. The van der Waals surface area contributed by atoms with Crippen LogP contribution < -0.4 is 15.4 Å². The van der Waals surface area contributed by atoms with Gasteiger partial charge in [-0.05, 0) is 42.7 Å². The van der Waals surface area contributed by atoms with E-state index in [9.17, 15) is 9.18 Å². The third-order valence-electron chi connectivity index (χ3n) is 3.64. The fourth-order valence-corrected chi connectivity index (χ4v) is 2.44. The fourth-order valence-electron chi connectivity index (χ4n) is 2.44. The molecule has 0 aromatic heterocycles. The molecule has 1 heterocycles. The van der Waals surface area contributed by atoms with Gasteiger partial charge in [0.25, 0.3) is 0 Å². The van der Waals surface area contributed by atoms with Gasteiger partial charge in [-0.3, -0.25) is 0 Å². The van der Waals surface area contributed by atoms with Crippen LogP contribution in [0.3, 0.4) is 0 Å². The van der Waals surface area contributed by atoms with E-state index in [2.05, 4.69) is 10.6 Å². The molecule has 2 N–H and O–H groups in total. The van der Waals surface area contributed by atoms with Gasteiger partial charge in [0.05, 0.1) is 6.04 Å². The maximum absolute atomic E-state index is 13.5. The van der Waals surface area contributed by atoms with E-state index >= 15 is 0 Å². The molecular formula is C17H17FN2O2. The molecule has 2 amide bonds. The third kappa shape index (κ3) is 3.19. The van der Waals surface area contributed by atoms with Crippen molar-refractivity contribution in [3.63, 3.8) is 0 Å². The van der Waals surface area contributed by atoms with Gasteiger partial charge in [0.1, 0.15) is 18.2 Å². The van der Waals surface area contributed by atoms with Crippen LogP contribution in [0.25, 0.3) is 0 Å². The Bertz CT molecular complexity index is 703. The molecule has 0 aliphatic carbocycles. The normalized spacial score (nSPS) is 16.4. The number of hydrogen-bond donors (Lipinski definition) is 2. The van der Waals surface area contributed by atoms with Gasteiger partial charge in [-0.2, -0.15) is 0 Å². The van der Waals surface area contributed by atoms with E-state index in [1.165, 1.54) is 6.07 Å². The molecular weight excluding hydrogens is 283 g/mol. The van der Waals surface area contributed by atoms with Gasteiger partial charge in [0, 0.05) is 5.69 Å². The third-order valence-corrected chi connectivity index (χ3v) is 3.64. The van der Waals surface area contributed by atoms with Crippen molar-refractivity contribution in [1.82, 2.24) is 5.32 Å². The Morgan fingerprint density at radius 2 is 2.09 bits per heavy atom. The first-order chi connectivity index (χ1) is 10.6. The number of carbonyl (C=O) groups excluding carboxylic acids is 1. The van der Waals surface area contributed by atoms with Crippen LogP contribution in [0.15, 0.2) is 42.5 Å². The lowest BCUT2D eigenvalue weighted by atomic mass is 10.0. The zero-order valence-electron chi connectivity index (χ0n) is 12.2. The Balaban J connectivity index is 1.59. The first-order valence-corrected chi connectivity index (χ1v) is 7.16. The maximum atomic E-state index is 13.5. The second kappa shape index (κ2) is 6.05. The fraction of sp³-hybridized carbons (Fsp3) is 0.235. The number of aryl methyl sites for hydroxylation is 1. The first kappa shape index (κ1) is 14.4. The lowest BCUT2D eigenvalue weighted by Crippen LogP contribution is -2.44. The molecule has 3 rings (SSSR count). The number of urea groups is 1. The van der Waals surface area contributed by atoms with Crippen LogP contribution in [0.1, 0.15) is 11.1 Å². The van der Waals surface area contributed by atoms with Gasteiger partial charge in [-0.1, -0.05) is 24.3 Å². The molecule has 2 aromatic rings. The second-order valence-corrected chi connectivity index (χ2v) is 5.38. The molecule has 0 saturated heterocycles. The monoisotopic (exact) mass is 300 g/mol. The second-order valence-electron chi connectivity index (χ2n) is 5.38. The number of rotatable bonds is 2. The Morgan fingerprint density at radius 3 is 2.91 bits per heavy atom. The van der Waals surface area contributed by atoms with E-state index in [0.717, 1.165) is 11.3 Å². The standard InChI is InChI=1S/C17H17FN2O2/c1-11-6-7-13(9-15(11)18)19-17(21)20-14-8-12-4-2-3-5-16(12)22-10-14/h2-7,9,14H,8,10H2,1H3,(H2,19,20,21)/t14-/m0/s1. The molecule has 1 aliphatic heterocycles. The average Bonchev–Trinajstić information content (AvgIpc) is 2.51. The summed E-state index contributed by atoms with van der Waals surface area (Å²) in [6.45, 7) is 2.10. The Hall–Kier alpha value is -2.56. The topological polar surface area (TPSA) is 50.4 Å². The van der Waals surface area contributed by atoms with Gasteiger partial charge in [-0.15, -0.1) is 0 Å². The van der Waals surface area contributed by atoms with Gasteiger partial charge in [-0.25, -0.2) is 9.18 Å². The summed E-state index contributed by atoms with van der Waals surface area (Å²) in [5.41, 5.74) is 2.04. The number of anilines is 1. The van der Waals surface area contributed by atoms with Crippen molar-refractivity contribution >= 4 is 11.7 Å². The van der Waals surface area contributed by atoms with Crippen LogP contribution in [-0.4, -0.2) is 18.7 Å². The largest absolute Gasteiger partial charge is 0.491 e. The number of amides is 2. The van der Waals surface area contributed by atoms with Crippen LogP contribution in [0.2, 0.25) is 0 Å². The molecule has 0 bridgehead atoms. The van der Waals surface area contributed by atoms with E-state index in [-0.39, 0.29) is 17.9 Å². The molecule has 0 radical (unpaired) electrons. The minimum atomic E-state index is -0.365. The minimum absolute atomic E-state index is 0.106. The molecule has 0 unspecified atom stereocenters. The number of halogens is 1. The molecule has 0 fully saturated rings. The molecule has 22 heavy (non-hydrogen) atoms. The number of ether oxygens (including phenoxy) is 1. The van der Waals surface area contributed by atoms with Crippen LogP contribution in [0.4, 0.5) is 14.9 Å². The molecule has 0 spiro atoms. The van der Waals surface area contributed by atoms with E-state index in [1.807, 2.05) is 24.3 Å². The quantitative estimate of drug-likeness (QED) is 0.894. The highest BCUT2D eigenvalue weighted by atomic mass is 19.1. The predicted molar refractivity (Wildman–Crippen MR) is 82.7 cm³/mol. The van der Waals surface area contributed by atoms with E-state index in [4.69, 9.17) is 4.74 Å². The van der Waals surface area contributed by atoms with Crippen LogP contribution >= 0.6 is 0 Å². The van der Waals surface area contributed by atoms with Gasteiger partial charge in [0.15, 0.2) is 0 Å². The van der Waals surface area contributed by atoms with Crippen molar-refractivity contribution in [3.8, 4) is 5.75 Å². The Kier molecular flexibility index (Phi) is 3.96. The average molecular weight is 300 g/mol. The van der Waals surface area contributed by atoms with Crippen molar-refractivity contribution < 1.29 is 13.9 Å². The number of carbonyl (C=O) groups is 1. The summed E-state index contributed by atoms with van der Waals surface area (Å²) < 4.78 is 19.1. The number of fused-ring (bicyclic) bond motifs is 1. The van der Waals surface area contributed by atoms with Gasteiger partial charge >= 0.3 is 6.03 Å². The van der Waals surface area contributed by atoms with Crippen LogP contribution in [0, 0.1) is 12.7 Å².